The average molecular weight is 182 g/mol. The molecule has 76 valence electrons. The molecule has 0 unspecified atom stereocenters. The fourth-order valence-electron chi connectivity index (χ4n) is 2.56. The second kappa shape index (κ2) is 3.58. The van der Waals surface area contributed by atoms with Crippen LogP contribution in [0.15, 0.2) is 0 Å². The van der Waals surface area contributed by atoms with Crippen LogP contribution in [-0.2, 0) is 0 Å². The van der Waals surface area contributed by atoms with Gasteiger partial charge in [0.2, 0.25) is 0 Å². The lowest BCUT2D eigenvalue weighted by atomic mass is 9.63. The monoisotopic (exact) mass is 182 g/mol. The summed E-state index contributed by atoms with van der Waals surface area (Å²) in [5, 5.41) is 3.47. The molecule has 13 heavy (non-hydrogen) atoms. The predicted molar refractivity (Wildman–Crippen MR) is 55.9 cm³/mol. The molecule has 1 heterocycles. The van der Waals surface area contributed by atoms with Gasteiger partial charge in [0.25, 0.3) is 0 Å². The van der Waals surface area contributed by atoms with Crippen LogP contribution in [0.1, 0.15) is 33.1 Å². The highest BCUT2D eigenvalue weighted by molar-refractivity contribution is 5.00. The summed E-state index contributed by atoms with van der Waals surface area (Å²) in [7, 11) is 0. The SMILES string of the molecule is CC(C)NCCN1CC2(CCC2)C1. The van der Waals surface area contributed by atoms with E-state index >= 15 is 0 Å². The maximum absolute atomic E-state index is 3.47. The Bertz CT molecular complexity index is 165. The van der Waals surface area contributed by atoms with Crippen molar-refractivity contribution < 1.29 is 0 Å². The van der Waals surface area contributed by atoms with Gasteiger partial charge >= 0.3 is 0 Å². The van der Waals surface area contributed by atoms with Gasteiger partial charge in [0.15, 0.2) is 0 Å². The standard InChI is InChI=1S/C11H22N2/c1-10(2)12-6-7-13-8-11(9-13)4-3-5-11/h10,12H,3-9H2,1-2H3. The van der Waals surface area contributed by atoms with Crippen LogP contribution < -0.4 is 5.32 Å². The highest BCUT2D eigenvalue weighted by Crippen LogP contribution is 2.47. The minimum Gasteiger partial charge on any atom is -0.313 e. The second-order valence-electron chi connectivity index (χ2n) is 5.17. The smallest absolute Gasteiger partial charge is 0.0107 e. The fraction of sp³-hybridized carbons (Fsp3) is 1.00. The minimum atomic E-state index is 0.638. The molecule has 2 rings (SSSR count). The third kappa shape index (κ3) is 2.05. The molecule has 1 aliphatic carbocycles. The first-order valence-electron chi connectivity index (χ1n) is 5.66. The normalized spacial score (nSPS) is 26.1. The Balaban J connectivity index is 1.54. The van der Waals surface area contributed by atoms with Crippen molar-refractivity contribution >= 4 is 0 Å². The number of nitrogens with one attached hydrogen (secondary N) is 1. The van der Waals surface area contributed by atoms with E-state index in [9.17, 15) is 0 Å². The molecule has 1 spiro atoms. The van der Waals surface area contributed by atoms with Gasteiger partial charge in [-0.25, -0.2) is 0 Å². The van der Waals surface area contributed by atoms with Gasteiger partial charge in [0.1, 0.15) is 0 Å². The van der Waals surface area contributed by atoms with E-state index in [1.54, 1.807) is 0 Å². The first-order valence-corrected chi connectivity index (χ1v) is 5.66. The molecule has 0 radical (unpaired) electrons. The minimum absolute atomic E-state index is 0.638. The maximum atomic E-state index is 3.47. The summed E-state index contributed by atoms with van der Waals surface area (Å²) in [6.07, 6.45) is 4.49. The van der Waals surface area contributed by atoms with Crippen molar-refractivity contribution in [3.05, 3.63) is 0 Å². The summed E-state index contributed by atoms with van der Waals surface area (Å²) in [6, 6.07) is 0.638. The summed E-state index contributed by atoms with van der Waals surface area (Å²) in [6.45, 7) is 9.60. The molecule has 1 aliphatic heterocycles. The fourth-order valence-corrected chi connectivity index (χ4v) is 2.56. The summed E-state index contributed by atoms with van der Waals surface area (Å²) in [5.74, 6) is 0. The Labute approximate surface area is 81.7 Å². The molecule has 0 bridgehead atoms. The average Bonchev–Trinajstić information content (AvgIpc) is 1.89. The zero-order chi connectivity index (χ0) is 9.31. The maximum Gasteiger partial charge on any atom is 0.0107 e. The molecule has 0 aromatic carbocycles. The van der Waals surface area contributed by atoms with Gasteiger partial charge in [-0.1, -0.05) is 20.3 Å². The van der Waals surface area contributed by atoms with Crippen molar-refractivity contribution in [3.63, 3.8) is 0 Å². The number of rotatable bonds is 4. The van der Waals surface area contributed by atoms with E-state index in [2.05, 4.69) is 24.1 Å². The van der Waals surface area contributed by atoms with Gasteiger partial charge in [-0.15, -0.1) is 0 Å². The second-order valence-corrected chi connectivity index (χ2v) is 5.17. The van der Waals surface area contributed by atoms with Crippen LogP contribution in [0.25, 0.3) is 0 Å². The van der Waals surface area contributed by atoms with Gasteiger partial charge in [-0.3, -0.25) is 0 Å². The highest BCUT2D eigenvalue weighted by atomic mass is 15.2. The van der Waals surface area contributed by atoms with Crippen molar-refractivity contribution in [1.82, 2.24) is 10.2 Å². The topological polar surface area (TPSA) is 15.3 Å². The Morgan fingerprint density at radius 1 is 1.31 bits per heavy atom. The van der Waals surface area contributed by atoms with Crippen LogP contribution in [0.3, 0.4) is 0 Å². The summed E-state index contributed by atoms with van der Waals surface area (Å²) in [4.78, 5) is 2.59. The zero-order valence-electron chi connectivity index (χ0n) is 8.97. The van der Waals surface area contributed by atoms with Gasteiger partial charge < -0.3 is 10.2 Å². The molecular weight excluding hydrogens is 160 g/mol. The largest absolute Gasteiger partial charge is 0.313 e. The van der Waals surface area contributed by atoms with Crippen LogP contribution in [0.5, 0.6) is 0 Å². The van der Waals surface area contributed by atoms with Gasteiger partial charge in [-0.2, -0.15) is 0 Å². The number of likely N-dealkylation sites (tertiary alicyclic amines) is 1. The summed E-state index contributed by atoms with van der Waals surface area (Å²) in [5.41, 5.74) is 0.803. The van der Waals surface area contributed by atoms with Gasteiger partial charge in [-0.05, 0) is 18.3 Å². The van der Waals surface area contributed by atoms with E-state index in [4.69, 9.17) is 0 Å². The third-order valence-corrected chi connectivity index (χ3v) is 3.51. The molecule has 1 saturated carbocycles. The molecule has 0 aromatic rings. The van der Waals surface area contributed by atoms with E-state index in [-0.39, 0.29) is 0 Å². The number of nitrogens with zero attached hydrogens (tertiary/aromatic N) is 1. The van der Waals surface area contributed by atoms with Crippen LogP contribution in [0.4, 0.5) is 0 Å². The molecule has 1 saturated heterocycles. The summed E-state index contributed by atoms with van der Waals surface area (Å²) >= 11 is 0. The van der Waals surface area contributed by atoms with Crippen molar-refractivity contribution in [3.8, 4) is 0 Å². The third-order valence-electron chi connectivity index (χ3n) is 3.51. The molecule has 1 N–H and O–H groups in total. The quantitative estimate of drug-likeness (QED) is 0.708. The molecule has 2 nitrogen and oxygen atoms in total. The van der Waals surface area contributed by atoms with Crippen molar-refractivity contribution in [1.29, 1.82) is 0 Å². The molecule has 0 aromatic heterocycles. The van der Waals surface area contributed by atoms with Crippen molar-refractivity contribution in [2.24, 2.45) is 5.41 Å². The molecule has 2 heteroatoms. The van der Waals surface area contributed by atoms with E-state index in [1.165, 1.54) is 38.9 Å². The Morgan fingerprint density at radius 3 is 2.46 bits per heavy atom. The number of hydrogen-bond donors (Lipinski definition) is 1. The van der Waals surface area contributed by atoms with Crippen molar-refractivity contribution in [2.45, 2.75) is 39.2 Å². The van der Waals surface area contributed by atoms with Crippen LogP contribution in [-0.4, -0.2) is 37.1 Å². The lowest BCUT2D eigenvalue weighted by Gasteiger charge is -2.56. The van der Waals surface area contributed by atoms with Crippen LogP contribution in [0.2, 0.25) is 0 Å². The first kappa shape index (κ1) is 9.47. The van der Waals surface area contributed by atoms with Gasteiger partial charge in [0.05, 0.1) is 0 Å². The molecular formula is C11H22N2. The predicted octanol–water partition coefficient (Wildman–Crippen LogP) is 1.47. The summed E-state index contributed by atoms with van der Waals surface area (Å²) < 4.78 is 0. The van der Waals surface area contributed by atoms with E-state index in [0.717, 1.165) is 12.0 Å². The lowest BCUT2D eigenvalue weighted by Crippen LogP contribution is -2.60. The lowest BCUT2D eigenvalue weighted by molar-refractivity contribution is -0.0586. The first-order chi connectivity index (χ1) is 6.20. The Morgan fingerprint density at radius 2 is 2.00 bits per heavy atom. The zero-order valence-corrected chi connectivity index (χ0v) is 8.97. The van der Waals surface area contributed by atoms with E-state index in [0.29, 0.717) is 6.04 Å². The molecule has 2 fully saturated rings. The van der Waals surface area contributed by atoms with Crippen LogP contribution in [0, 0.1) is 5.41 Å². The van der Waals surface area contributed by atoms with E-state index in [1.807, 2.05) is 0 Å². The van der Waals surface area contributed by atoms with Gasteiger partial charge in [0, 0.05) is 32.2 Å². The Hall–Kier alpha value is -0.0800. The highest BCUT2D eigenvalue weighted by Gasteiger charge is 2.46. The molecule has 0 amide bonds. The molecule has 2 aliphatic rings. The van der Waals surface area contributed by atoms with Crippen molar-refractivity contribution in [2.75, 3.05) is 26.2 Å². The number of hydrogen-bond acceptors (Lipinski definition) is 2. The Kier molecular flexibility index (Phi) is 2.61. The molecule has 0 atom stereocenters. The van der Waals surface area contributed by atoms with Crippen LogP contribution >= 0.6 is 0 Å². The van der Waals surface area contributed by atoms with E-state index < -0.39 is 0 Å².